The van der Waals surface area contributed by atoms with Crippen molar-refractivity contribution in [2.75, 3.05) is 0 Å². The van der Waals surface area contributed by atoms with Crippen molar-refractivity contribution < 1.29 is 44.4 Å². The number of hydrogen-bond donors (Lipinski definition) is 9. The molecule has 1 aromatic heterocycles. The lowest BCUT2D eigenvalue weighted by atomic mass is 10.0. The normalized spacial score (nSPS) is 14.7. The van der Waals surface area contributed by atoms with Crippen LogP contribution in [0.15, 0.2) is 36.8 Å². The molecule has 3 amide bonds. The van der Waals surface area contributed by atoms with E-state index in [1.807, 2.05) is 0 Å². The fraction of sp³-hybridized carbons (Fsp3) is 0.417. The molecule has 0 aliphatic heterocycles. The molecule has 1 aromatic carbocycles. The number of H-pyrrole nitrogens is 1. The summed E-state index contributed by atoms with van der Waals surface area (Å²) in [5.74, 6) is -5.23. The zero-order valence-electron chi connectivity index (χ0n) is 21.0. The van der Waals surface area contributed by atoms with Gasteiger partial charge in [0, 0.05) is 31.2 Å². The molecule has 0 saturated carbocycles. The van der Waals surface area contributed by atoms with Crippen LogP contribution in [0.1, 0.15) is 31.0 Å². The number of nitrogens with zero attached hydrogens (tertiary/aromatic N) is 1. The minimum atomic E-state index is -1.56. The average Bonchev–Trinajstić information content (AvgIpc) is 3.38. The third kappa shape index (κ3) is 10.1. The molecule has 0 spiro atoms. The Morgan fingerprint density at radius 3 is 2.13 bits per heavy atom. The predicted octanol–water partition coefficient (Wildman–Crippen LogP) is -1.99. The number of carboxylic acids is 2. The third-order valence-electron chi connectivity index (χ3n) is 5.67. The lowest BCUT2D eigenvalue weighted by molar-refractivity contribution is -0.142. The van der Waals surface area contributed by atoms with Crippen LogP contribution in [0.4, 0.5) is 0 Å². The van der Waals surface area contributed by atoms with Gasteiger partial charge in [-0.3, -0.25) is 19.2 Å². The molecule has 0 saturated heterocycles. The van der Waals surface area contributed by atoms with Crippen LogP contribution in [0.25, 0.3) is 0 Å². The van der Waals surface area contributed by atoms with Gasteiger partial charge in [0.05, 0.1) is 18.5 Å². The summed E-state index contributed by atoms with van der Waals surface area (Å²) in [7, 11) is 0. The zero-order valence-corrected chi connectivity index (χ0v) is 21.0. The highest BCUT2D eigenvalue weighted by Gasteiger charge is 2.33. The van der Waals surface area contributed by atoms with E-state index in [4.69, 9.17) is 10.8 Å². The quantitative estimate of drug-likeness (QED) is 0.118. The first-order chi connectivity index (χ1) is 18.4. The molecule has 5 unspecified atom stereocenters. The largest absolute Gasteiger partial charge is 0.508 e. The van der Waals surface area contributed by atoms with Gasteiger partial charge >= 0.3 is 11.9 Å². The number of rotatable bonds is 15. The van der Waals surface area contributed by atoms with Crippen molar-refractivity contribution >= 4 is 29.7 Å². The van der Waals surface area contributed by atoms with E-state index in [0.29, 0.717) is 11.3 Å². The summed E-state index contributed by atoms with van der Waals surface area (Å²) in [6.07, 6.45) is 0.451. The van der Waals surface area contributed by atoms with Gasteiger partial charge in [0.1, 0.15) is 23.9 Å². The second-order valence-electron chi connectivity index (χ2n) is 8.88. The lowest BCUT2D eigenvalue weighted by Crippen LogP contribution is -2.60. The van der Waals surface area contributed by atoms with Crippen LogP contribution in [-0.4, -0.2) is 90.3 Å². The summed E-state index contributed by atoms with van der Waals surface area (Å²) in [4.78, 5) is 67.8. The first-order valence-electron chi connectivity index (χ1n) is 11.9. The van der Waals surface area contributed by atoms with E-state index in [2.05, 4.69) is 25.9 Å². The minimum Gasteiger partial charge on any atom is -0.508 e. The van der Waals surface area contributed by atoms with Crippen LogP contribution in [0.3, 0.4) is 0 Å². The maximum atomic E-state index is 13.1. The van der Waals surface area contributed by atoms with Crippen LogP contribution >= 0.6 is 0 Å². The van der Waals surface area contributed by atoms with Crippen molar-refractivity contribution in [2.45, 2.75) is 62.9 Å². The van der Waals surface area contributed by atoms with Crippen molar-refractivity contribution in [3.63, 3.8) is 0 Å². The summed E-state index contributed by atoms with van der Waals surface area (Å²) >= 11 is 0. The number of carbonyl (C=O) groups excluding carboxylic acids is 3. The van der Waals surface area contributed by atoms with Crippen molar-refractivity contribution in [2.24, 2.45) is 5.73 Å². The Balaban J connectivity index is 2.17. The predicted molar refractivity (Wildman–Crippen MR) is 134 cm³/mol. The number of carboxylic acid groups (broad SMARTS) is 2. The highest BCUT2D eigenvalue weighted by molar-refractivity contribution is 5.94. The number of nitrogens with two attached hydrogens (primary N) is 1. The standard InChI is InChI=1S/C24H32N6O9/c1-12(31)20(30-21(35)16(25)6-7-19(33)34)23(37)28-17(9-14-10-26-11-27-14)22(36)29-18(24(38)39)8-13-2-4-15(32)5-3-13/h2-5,10-12,16-18,20,31-32H,6-9,25H2,1H3,(H,26,27)(H,28,37)(H,29,36)(H,30,35)(H,33,34)(H,38,39). The molecular weight excluding hydrogens is 516 g/mol. The van der Waals surface area contributed by atoms with E-state index in [1.54, 1.807) is 0 Å². The van der Waals surface area contributed by atoms with Crippen LogP contribution in [0.2, 0.25) is 0 Å². The Morgan fingerprint density at radius 2 is 1.59 bits per heavy atom. The number of aromatic hydroxyl groups is 1. The maximum absolute atomic E-state index is 13.1. The number of nitrogens with one attached hydrogen (secondary N) is 4. The molecule has 0 aliphatic carbocycles. The van der Waals surface area contributed by atoms with E-state index in [0.717, 1.165) is 0 Å². The molecule has 5 atom stereocenters. The topological polar surface area (TPSA) is 257 Å². The van der Waals surface area contributed by atoms with E-state index >= 15 is 0 Å². The molecule has 0 radical (unpaired) electrons. The summed E-state index contributed by atoms with van der Waals surface area (Å²) in [5.41, 5.74) is 6.62. The third-order valence-corrected chi connectivity index (χ3v) is 5.67. The smallest absolute Gasteiger partial charge is 0.326 e. The molecule has 0 aliphatic rings. The number of phenols is 1. The summed E-state index contributed by atoms with van der Waals surface area (Å²) < 4.78 is 0. The molecule has 2 rings (SSSR count). The monoisotopic (exact) mass is 548 g/mol. The number of aliphatic carboxylic acids is 2. The van der Waals surface area contributed by atoms with Crippen LogP contribution < -0.4 is 21.7 Å². The van der Waals surface area contributed by atoms with E-state index in [9.17, 15) is 39.3 Å². The van der Waals surface area contributed by atoms with Crippen LogP contribution in [0.5, 0.6) is 5.75 Å². The molecule has 0 fully saturated rings. The first-order valence-corrected chi connectivity index (χ1v) is 11.9. The van der Waals surface area contributed by atoms with Gasteiger partial charge in [-0.2, -0.15) is 0 Å². The van der Waals surface area contributed by atoms with Crippen molar-refractivity contribution in [1.82, 2.24) is 25.9 Å². The number of benzene rings is 1. The second kappa shape index (κ2) is 14.4. The molecule has 10 N–H and O–H groups in total. The molecular formula is C24H32N6O9. The number of aliphatic hydroxyl groups is 1. The van der Waals surface area contributed by atoms with Crippen molar-refractivity contribution in [3.05, 3.63) is 48.0 Å². The highest BCUT2D eigenvalue weighted by atomic mass is 16.4. The second-order valence-corrected chi connectivity index (χ2v) is 8.88. The number of amides is 3. The lowest BCUT2D eigenvalue weighted by Gasteiger charge is -2.26. The number of imidazole rings is 1. The van der Waals surface area contributed by atoms with Crippen LogP contribution in [-0.2, 0) is 36.8 Å². The summed E-state index contributed by atoms with van der Waals surface area (Å²) in [6.45, 7) is 1.22. The van der Waals surface area contributed by atoms with Gasteiger partial charge in [0.25, 0.3) is 0 Å². The van der Waals surface area contributed by atoms with Gasteiger partial charge in [-0.25, -0.2) is 9.78 Å². The molecule has 15 nitrogen and oxygen atoms in total. The van der Waals surface area contributed by atoms with E-state index in [1.165, 1.54) is 43.7 Å². The number of aromatic nitrogens is 2. The Hall–Kier alpha value is -4.50. The fourth-order valence-electron chi connectivity index (χ4n) is 3.50. The molecule has 0 bridgehead atoms. The number of hydrogen-bond acceptors (Lipinski definition) is 9. The summed E-state index contributed by atoms with van der Waals surface area (Å²) in [5, 5.41) is 45.0. The van der Waals surface area contributed by atoms with Gasteiger partial charge in [-0.15, -0.1) is 0 Å². The van der Waals surface area contributed by atoms with Crippen LogP contribution in [0, 0.1) is 0 Å². The molecule has 212 valence electrons. The Labute approximate surface area is 222 Å². The number of carbonyl (C=O) groups is 5. The summed E-state index contributed by atoms with van der Waals surface area (Å²) in [6, 6.07) is 0.177. The number of phenolic OH excluding ortho intramolecular Hbond substituents is 1. The molecule has 39 heavy (non-hydrogen) atoms. The Kier molecular flexibility index (Phi) is 11.4. The van der Waals surface area contributed by atoms with Gasteiger partial charge in [0.15, 0.2) is 0 Å². The van der Waals surface area contributed by atoms with Crippen molar-refractivity contribution in [1.29, 1.82) is 0 Å². The van der Waals surface area contributed by atoms with Crippen molar-refractivity contribution in [3.8, 4) is 5.75 Å². The van der Waals surface area contributed by atoms with Gasteiger partial charge in [-0.05, 0) is 31.0 Å². The minimum absolute atomic E-state index is 0.0143. The Bertz CT molecular complexity index is 1140. The molecule has 1 heterocycles. The Morgan fingerprint density at radius 1 is 0.949 bits per heavy atom. The zero-order chi connectivity index (χ0) is 29.1. The van der Waals surface area contributed by atoms with Gasteiger partial charge < -0.3 is 47.1 Å². The number of aliphatic hydroxyl groups excluding tert-OH is 1. The average molecular weight is 549 g/mol. The maximum Gasteiger partial charge on any atom is 0.326 e. The number of aromatic amines is 1. The highest BCUT2D eigenvalue weighted by Crippen LogP contribution is 2.12. The van der Waals surface area contributed by atoms with E-state index in [-0.39, 0.29) is 31.4 Å². The molecule has 15 heteroatoms. The molecule has 2 aromatic rings. The van der Waals surface area contributed by atoms with Gasteiger partial charge in [-0.1, -0.05) is 12.1 Å². The van der Waals surface area contributed by atoms with E-state index < -0.39 is 59.9 Å². The fourth-order valence-corrected chi connectivity index (χ4v) is 3.50. The SMILES string of the molecule is CC(O)C(NC(=O)C(N)CCC(=O)O)C(=O)NC(Cc1cnc[nH]1)C(=O)NC(Cc1ccc(O)cc1)C(=O)O. The van der Waals surface area contributed by atoms with Gasteiger partial charge in [0.2, 0.25) is 17.7 Å². The first kappa shape index (κ1) is 30.7.